The molecule has 152 valence electrons. The first-order valence-corrected chi connectivity index (χ1v) is 12.2. The minimum absolute atomic E-state index is 0.171. The summed E-state index contributed by atoms with van der Waals surface area (Å²) < 4.78 is 68.6. The van der Waals surface area contributed by atoms with E-state index in [0.29, 0.717) is 0 Å². The van der Waals surface area contributed by atoms with E-state index in [0.717, 1.165) is 4.47 Å². The average molecular weight is 498 g/mol. The Morgan fingerprint density at radius 2 is 1.14 bits per heavy atom. The third-order valence-electron chi connectivity index (χ3n) is 4.16. The van der Waals surface area contributed by atoms with Gasteiger partial charge in [0.1, 0.15) is 6.17 Å². The predicted molar refractivity (Wildman–Crippen MR) is 112 cm³/mol. The summed E-state index contributed by atoms with van der Waals surface area (Å²) in [7, 11) is -9.04. The lowest BCUT2D eigenvalue weighted by Crippen LogP contribution is -2.39. The summed E-state index contributed by atoms with van der Waals surface area (Å²) in [4.78, 5) is -0.468. The molecule has 29 heavy (non-hydrogen) atoms. The van der Waals surface area contributed by atoms with Gasteiger partial charge in [-0.15, -0.1) is 0 Å². The highest BCUT2D eigenvalue weighted by Gasteiger charge is 2.38. The maximum absolute atomic E-state index is 15.0. The first kappa shape index (κ1) is 21.6. The Labute approximate surface area is 178 Å². The number of benzene rings is 3. The van der Waals surface area contributed by atoms with Crippen molar-refractivity contribution >= 4 is 36.0 Å². The highest BCUT2D eigenvalue weighted by molar-refractivity contribution is 9.10. The molecule has 1 unspecified atom stereocenters. The molecule has 0 aliphatic carbocycles. The maximum Gasteiger partial charge on any atom is 0.256 e. The zero-order valence-corrected chi connectivity index (χ0v) is 18.2. The fraction of sp³-hybridized carbons (Fsp3) is 0.100. The van der Waals surface area contributed by atoms with E-state index >= 15 is 4.39 Å². The lowest BCUT2D eigenvalue weighted by molar-refractivity contribution is 0.308. The van der Waals surface area contributed by atoms with Crippen LogP contribution in [0, 0.1) is 0 Å². The number of hydrogen-bond acceptors (Lipinski definition) is 4. The zero-order chi connectivity index (χ0) is 21.1. The Morgan fingerprint density at radius 1 is 0.724 bits per heavy atom. The van der Waals surface area contributed by atoms with Gasteiger partial charge >= 0.3 is 0 Å². The van der Waals surface area contributed by atoms with Crippen molar-refractivity contribution in [3.63, 3.8) is 0 Å². The third-order valence-corrected chi connectivity index (χ3v) is 8.97. The Hall–Kier alpha value is -2.07. The van der Waals surface area contributed by atoms with E-state index in [-0.39, 0.29) is 19.1 Å². The van der Waals surface area contributed by atoms with Crippen molar-refractivity contribution in [2.24, 2.45) is 0 Å². The van der Waals surface area contributed by atoms with Crippen molar-refractivity contribution < 1.29 is 21.2 Å². The van der Waals surface area contributed by atoms with Crippen LogP contribution in [0.5, 0.6) is 0 Å². The van der Waals surface area contributed by atoms with Crippen molar-refractivity contribution in [1.82, 2.24) is 3.71 Å². The topological polar surface area (TPSA) is 71.5 Å². The second-order valence-corrected chi connectivity index (χ2v) is 11.0. The van der Waals surface area contributed by atoms with Gasteiger partial charge in [-0.05, 0) is 42.0 Å². The monoisotopic (exact) mass is 497 g/mol. The standard InChI is InChI=1S/C20H17BrFNO4S2/c21-17-13-11-16(12-14-17)20(22)15-23(28(24,25)18-7-3-1-4-8-18)29(26,27)19-9-5-2-6-10-19/h1-14,20H,15H2. The van der Waals surface area contributed by atoms with E-state index in [9.17, 15) is 16.8 Å². The number of hydrogen-bond donors (Lipinski definition) is 0. The van der Waals surface area contributed by atoms with E-state index in [1.807, 2.05) is 0 Å². The second-order valence-electron chi connectivity index (χ2n) is 6.11. The van der Waals surface area contributed by atoms with Gasteiger partial charge in [-0.25, -0.2) is 21.2 Å². The summed E-state index contributed by atoms with van der Waals surface area (Å²) in [5.74, 6) is 0. The molecule has 0 spiro atoms. The van der Waals surface area contributed by atoms with Crippen molar-refractivity contribution in [3.05, 3.63) is 95.0 Å². The van der Waals surface area contributed by atoms with E-state index in [1.165, 1.54) is 60.7 Å². The molecule has 0 saturated carbocycles. The molecule has 0 fully saturated rings. The molecule has 0 bridgehead atoms. The molecule has 0 amide bonds. The highest BCUT2D eigenvalue weighted by atomic mass is 79.9. The Morgan fingerprint density at radius 3 is 1.55 bits per heavy atom. The molecule has 0 radical (unpaired) electrons. The smallest absolute Gasteiger partial charge is 0.241 e. The minimum atomic E-state index is -4.52. The van der Waals surface area contributed by atoms with E-state index < -0.39 is 32.8 Å². The Kier molecular flexibility index (Phi) is 6.52. The summed E-state index contributed by atoms with van der Waals surface area (Å²) in [5.41, 5.74) is 0.171. The highest BCUT2D eigenvalue weighted by Crippen LogP contribution is 2.29. The molecular formula is C20H17BrFNO4S2. The van der Waals surface area contributed by atoms with Gasteiger partial charge in [-0.2, -0.15) is 0 Å². The average Bonchev–Trinajstić information content (AvgIpc) is 2.73. The fourth-order valence-corrected chi connectivity index (χ4v) is 6.59. The summed E-state index contributed by atoms with van der Waals surface area (Å²) in [6.07, 6.45) is -1.85. The normalized spacial score (nSPS) is 13.3. The van der Waals surface area contributed by atoms with Crippen LogP contribution in [0.2, 0.25) is 0 Å². The summed E-state index contributed by atoms with van der Waals surface area (Å²) >= 11 is 3.25. The largest absolute Gasteiger partial charge is 0.256 e. The molecule has 0 aliphatic heterocycles. The van der Waals surface area contributed by atoms with Crippen LogP contribution < -0.4 is 0 Å². The van der Waals surface area contributed by atoms with Gasteiger partial charge < -0.3 is 0 Å². The van der Waals surface area contributed by atoms with Gasteiger partial charge in [0.2, 0.25) is 0 Å². The van der Waals surface area contributed by atoms with E-state index in [2.05, 4.69) is 15.9 Å². The van der Waals surface area contributed by atoms with Crippen LogP contribution >= 0.6 is 15.9 Å². The molecule has 0 heterocycles. The predicted octanol–water partition coefficient (Wildman–Crippen LogP) is 4.54. The van der Waals surface area contributed by atoms with E-state index in [4.69, 9.17) is 0 Å². The van der Waals surface area contributed by atoms with Gasteiger partial charge in [-0.1, -0.05) is 68.2 Å². The molecule has 9 heteroatoms. The van der Waals surface area contributed by atoms with Gasteiger partial charge in [0.05, 0.1) is 16.3 Å². The number of rotatable bonds is 7. The van der Waals surface area contributed by atoms with Gasteiger partial charge in [0.25, 0.3) is 20.0 Å². The lowest BCUT2D eigenvalue weighted by Gasteiger charge is -2.24. The van der Waals surface area contributed by atoms with Crippen LogP contribution in [-0.4, -0.2) is 27.1 Å². The van der Waals surface area contributed by atoms with E-state index in [1.54, 1.807) is 24.3 Å². The van der Waals surface area contributed by atoms with Crippen LogP contribution in [0.25, 0.3) is 0 Å². The zero-order valence-electron chi connectivity index (χ0n) is 15.0. The first-order valence-electron chi connectivity index (χ1n) is 8.50. The summed E-state index contributed by atoms with van der Waals surface area (Å²) in [5, 5.41) is 0. The van der Waals surface area contributed by atoms with Crippen LogP contribution in [-0.2, 0) is 20.0 Å². The molecule has 3 aromatic rings. The van der Waals surface area contributed by atoms with Crippen LogP contribution in [0.4, 0.5) is 4.39 Å². The molecule has 0 aromatic heterocycles. The first-order chi connectivity index (χ1) is 13.7. The van der Waals surface area contributed by atoms with Crippen molar-refractivity contribution in [2.75, 3.05) is 6.54 Å². The van der Waals surface area contributed by atoms with Crippen molar-refractivity contribution in [3.8, 4) is 0 Å². The maximum atomic E-state index is 15.0. The second kappa shape index (κ2) is 8.74. The molecule has 1 atom stereocenters. The molecule has 3 aromatic carbocycles. The Balaban J connectivity index is 2.08. The molecule has 0 N–H and O–H groups in total. The number of alkyl halides is 1. The minimum Gasteiger partial charge on any atom is -0.241 e. The molecular weight excluding hydrogens is 481 g/mol. The molecule has 0 saturated heterocycles. The summed E-state index contributed by atoms with van der Waals surface area (Å²) in [6.45, 7) is -0.879. The van der Waals surface area contributed by atoms with Crippen LogP contribution in [0.1, 0.15) is 11.7 Å². The Bertz CT molecular complexity index is 1100. The number of sulfonamides is 2. The SMILES string of the molecule is O=S(=O)(c1ccccc1)N(CC(F)c1ccc(Br)cc1)S(=O)(=O)c1ccccc1. The van der Waals surface area contributed by atoms with Gasteiger partial charge in [-0.3, -0.25) is 0 Å². The lowest BCUT2D eigenvalue weighted by atomic mass is 10.1. The van der Waals surface area contributed by atoms with Crippen LogP contribution in [0.15, 0.2) is 99.2 Å². The molecule has 0 aliphatic rings. The number of halogens is 2. The van der Waals surface area contributed by atoms with Crippen molar-refractivity contribution in [1.29, 1.82) is 0 Å². The van der Waals surface area contributed by atoms with Crippen LogP contribution in [0.3, 0.4) is 0 Å². The quantitative estimate of drug-likeness (QED) is 0.480. The molecule has 5 nitrogen and oxygen atoms in total. The summed E-state index contributed by atoms with van der Waals surface area (Å²) in [6, 6.07) is 20.3. The number of nitrogens with zero attached hydrogens (tertiary/aromatic N) is 1. The van der Waals surface area contributed by atoms with Crippen molar-refractivity contribution in [2.45, 2.75) is 16.0 Å². The third kappa shape index (κ3) is 4.75. The fourth-order valence-electron chi connectivity index (χ4n) is 2.65. The van der Waals surface area contributed by atoms with Gasteiger partial charge in [0.15, 0.2) is 0 Å². The van der Waals surface area contributed by atoms with Gasteiger partial charge in [0, 0.05) is 4.47 Å². The molecule has 3 rings (SSSR count).